The maximum absolute atomic E-state index is 16.7. The summed E-state index contributed by atoms with van der Waals surface area (Å²) < 4.78 is 29.4. The number of phenols is 1. The van der Waals surface area contributed by atoms with Crippen molar-refractivity contribution < 1.29 is 19.0 Å². The third kappa shape index (κ3) is 4.04. The monoisotopic (exact) mass is 575 g/mol. The highest BCUT2D eigenvalue weighted by Gasteiger charge is 2.45. The van der Waals surface area contributed by atoms with E-state index in [-0.39, 0.29) is 40.3 Å². The molecule has 0 amide bonds. The van der Waals surface area contributed by atoms with Gasteiger partial charge in [-0.25, -0.2) is 9.37 Å². The van der Waals surface area contributed by atoms with Gasteiger partial charge in [0, 0.05) is 34.4 Å². The molecule has 2 atom stereocenters. The quantitative estimate of drug-likeness (QED) is 0.332. The zero-order valence-corrected chi connectivity index (χ0v) is 23.4. The third-order valence-corrected chi connectivity index (χ3v) is 9.91. The number of benzene rings is 2. The van der Waals surface area contributed by atoms with Crippen molar-refractivity contribution in [2.45, 2.75) is 43.6 Å². The minimum atomic E-state index is -0.610. The van der Waals surface area contributed by atoms with Crippen molar-refractivity contribution in [2.75, 3.05) is 39.4 Å². The van der Waals surface area contributed by atoms with Crippen LogP contribution in [0, 0.1) is 11.7 Å². The number of hydrogen-bond donors (Lipinski definition) is 2. The van der Waals surface area contributed by atoms with E-state index >= 15 is 4.39 Å². The number of pyridine rings is 1. The maximum atomic E-state index is 16.7. The highest BCUT2D eigenvalue weighted by molar-refractivity contribution is 6.36. The molecule has 0 bridgehead atoms. The molecule has 2 aromatic heterocycles. The van der Waals surface area contributed by atoms with E-state index in [1.165, 1.54) is 6.07 Å². The van der Waals surface area contributed by atoms with Gasteiger partial charge in [0.05, 0.1) is 23.2 Å². The number of halogens is 2. The topological polar surface area (TPSA) is 92.6 Å². The number of ether oxygens (including phenoxy) is 2. The van der Waals surface area contributed by atoms with Gasteiger partial charge in [-0.05, 0) is 75.3 Å². The summed E-state index contributed by atoms with van der Waals surface area (Å²) in [7, 11) is 0. The van der Waals surface area contributed by atoms with Crippen LogP contribution >= 0.6 is 11.6 Å². The Hall–Kier alpha value is -3.27. The molecule has 4 aliphatic heterocycles. The Balaban J connectivity index is 1.32. The van der Waals surface area contributed by atoms with Gasteiger partial charge in [0.1, 0.15) is 23.6 Å². The van der Waals surface area contributed by atoms with Crippen molar-refractivity contribution >= 4 is 33.3 Å². The van der Waals surface area contributed by atoms with Gasteiger partial charge in [0.2, 0.25) is 5.88 Å². The van der Waals surface area contributed by atoms with E-state index in [4.69, 9.17) is 31.0 Å². The van der Waals surface area contributed by atoms with Crippen LogP contribution in [-0.4, -0.2) is 69.9 Å². The van der Waals surface area contributed by atoms with E-state index in [0.29, 0.717) is 45.8 Å². The van der Waals surface area contributed by atoms with Gasteiger partial charge in [-0.15, -0.1) is 0 Å². The second-order valence-electron chi connectivity index (χ2n) is 11.9. The van der Waals surface area contributed by atoms with Crippen LogP contribution in [0.4, 0.5) is 4.39 Å². The first-order valence-electron chi connectivity index (χ1n) is 14.5. The molecule has 0 saturated carbocycles. The average molecular weight is 576 g/mol. The second-order valence-corrected chi connectivity index (χ2v) is 12.3. The van der Waals surface area contributed by atoms with Crippen LogP contribution in [0.2, 0.25) is 5.02 Å². The molecule has 8 nitrogen and oxygen atoms in total. The molecule has 2 aromatic carbocycles. The second kappa shape index (κ2) is 9.64. The molecule has 6 heterocycles. The summed E-state index contributed by atoms with van der Waals surface area (Å²) in [6, 6.07) is 8.66. The van der Waals surface area contributed by atoms with E-state index in [1.54, 1.807) is 18.2 Å². The molecule has 3 saturated heterocycles. The fraction of sp³-hybridized carbons (Fsp3) is 0.452. The lowest BCUT2D eigenvalue weighted by Crippen LogP contribution is -2.43. The minimum Gasteiger partial charge on any atom is -0.508 e. The molecule has 212 valence electrons. The van der Waals surface area contributed by atoms with E-state index < -0.39 is 5.82 Å². The number of aromatic nitrogens is 3. The lowest BCUT2D eigenvalue weighted by atomic mass is 9.83. The number of aromatic hydroxyl groups is 1. The van der Waals surface area contributed by atoms with Gasteiger partial charge in [-0.1, -0.05) is 23.7 Å². The minimum absolute atomic E-state index is 0.00993. The van der Waals surface area contributed by atoms with Crippen LogP contribution in [0.5, 0.6) is 17.6 Å². The molecule has 10 heteroatoms. The van der Waals surface area contributed by atoms with Crippen LogP contribution < -0.4 is 14.8 Å². The van der Waals surface area contributed by atoms with Crippen LogP contribution in [0.15, 0.2) is 30.3 Å². The summed E-state index contributed by atoms with van der Waals surface area (Å²) in [6.07, 6.45) is 5.36. The zero-order chi connectivity index (χ0) is 27.7. The molecule has 8 rings (SSSR count). The van der Waals surface area contributed by atoms with Gasteiger partial charge in [0.15, 0.2) is 5.82 Å². The fourth-order valence-electron chi connectivity index (χ4n) is 7.62. The number of piperidine rings is 1. The molecule has 41 heavy (non-hydrogen) atoms. The van der Waals surface area contributed by atoms with Crippen molar-refractivity contribution in [1.82, 2.24) is 25.2 Å². The van der Waals surface area contributed by atoms with Gasteiger partial charge in [-0.2, -0.15) is 9.97 Å². The first-order chi connectivity index (χ1) is 20.0. The van der Waals surface area contributed by atoms with Gasteiger partial charge >= 0.3 is 6.01 Å². The molecule has 4 aromatic rings. The van der Waals surface area contributed by atoms with Crippen LogP contribution in [0.1, 0.15) is 43.7 Å². The Bertz CT molecular complexity index is 1690. The van der Waals surface area contributed by atoms with Gasteiger partial charge < -0.3 is 19.9 Å². The standard InChI is InChI=1S/C31H31ClFN5O3/c32-22-5-1-4-17-12-19(39)13-21(23(17)22)27-25(33)28-24-26(20-6-9-34-14-18(20)15-40-29(24)35-27)36-30(37-28)41-16-31-7-2-10-38(31)11-3-8-31/h1,4-5,12-13,18,20,34,39H,2-3,6-11,14-16H2. The molecule has 0 aliphatic carbocycles. The van der Waals surface area contributed by atoms with E-state index in [2.05, 4.69) is 15.2 Å². The predicted octanol–water partition coefficient (Wildman–Crippen LogP) is 5.44. The third-order valence-electron chi connectivity index (χ3n) is 9.60. The fourth-order valence-corrected chi connectivity index (χ4v) is 7.90. The molecule has 2 N–H and O–H groups in total. The summed E-state index contributed by atoms with van der Waals surface area (Å²) in [5.41, 5.74) is 1.28. The Kier molecular flexibility index (Phi) is 5.98. The molecule has 4 aliphatic rings. The number of nitrogens with one attached hydrogen (secondary N) is 1. The smallest absolute Gasteiger partial charge is 0.317 e. The van der Waals surface area contributed by atoms with E-state index in [9.17, 15) is 5.11 Å². The molecule has 0 spiro atoms. The Morgan fingerprint density at radius 3 is 2.85 bits per heavy atom. The van der Waals surface area contributed by atoms with Crippen LogP contribution in [-0.2, 0) is 0 Å². The number of rotatable bonds is 4. The normalized spacial score (nSPS) is 23.3. The predicted molar refractivity (Wildman–Crippen MR) is 154 cm³/mol. The van der Waals surface area contributed by atoms with Crippen LogP contribution in [0.3, 0.4) is 0 Å². The zero-order valence-electron chi connectivity index (χ0n) is 22.6. The van der Waals surface area contributed by atoms with Gasteiger partial charge in [-0.3, -0.25) is 4.90 Å². The molecule has 3 fully saturated rings. The lowest BCUT2D eigenvalue weighted by Gasteiger charge is -2.32. The maximum Gasteiger partial charge on any atom is 0.317 e. The summed E-state index contributed by atoms with van der Waals surface area (Å²) in [6.45, 7) is 4.72. The first kappa shape index (κ1) is 25.4. The summed E-state index contributed by atoms with van der Waals surface area (Å²) >= 11 is 6.61. The first-order valence-corrected chi connectivity index (χ1v) is 14.9. The highest BCUT2D eigenvalue weighted by Crippen LogP contribution is 2.45. The SMILES string of the molecule is Oc1cc(-c2nc3c4c(nc(OCC56CCCN5CCC6)nc4c2F)C2CCNCC2CO3)c2c(Cl)cccc2c1. The number of nitrogens with zero attached hydrogens (tertiary/aromatic N) is 4. The summed E-state index contributed by atoms with van der Waals surface area (Å²) in [5, 5.41) is 16.2. The largest absolute Gasteiger partial charge is 0.508 e. The van der Waals surface area contributed by atoms with Crippen molar-refractivity contribution in [1.29, 1.82) is 0 Å². The van der Waals surface area contributed by atoms with Crippen LogP contribution in [0.25, 0.3) is 32.9 Å². The molecular weight excluding hydrogens is 545 g/mol. The van der Waals surface area contributed by atoms with Crippen molar-refractivity contribution in [3.05, 3.63) is 46.9 Å². The molecule has 2 unspecified atom stereocenters. The number of hydrogen-bond acceptors (Lipinski definition) is 8. The summed E-state index contributed by atoms with van der Waals surface area (Å²) in [5.74, 6) is -0.0932. The number of phenolic OH excluding ortho intramolecular Hbond substituents is 1. The highest BCUT2D eigenvalue weighted by atomic mass is 35.5. The van der Waals surface area contributed by atoms with Gasteiger partial charge in [0.25, 0.3) is 0 Å². The van der Waals surface area contributed by atoms with Crippen molar-refractivity contribution in [2.24, 2.45) is 5.92 Å². The summed E-state index contributed by atoms with van der Waals surface area (Å²) in [4.78, 5) is 16.9. The number of fused-ring (bicyclic) bond motifs is 4. The van der Waals surface area contributed by atoms with Crippen molar-refractivity contribution in [3.8, 4) is 28.9 Å². The Morgan fingerprint density at radius 2 is 2.00 bits per heavy atom. The van der Waals surface area contributed by atoms with Crippen molar-refractivity contribution in [3.63, 3.8) is 0 Å². The van der Waals surface area contributed by atoms with E-state index in [0.717, 1.165) is 64.0 Å². The average Bonchev–Trinajstić information content (AvgIpc) is 3.51. The molecule has 0 radical (unpaired) electrons. The Labute approximate surface area is 241 Å². The van der Waals surface area contributed by atoms with E-state index in [1.807, 2.05) is 6.07 Å². The molecular formula is C31H31ClFN5O3. The Morgan fingerprint density at radius 1 is 1.15 bits per heavy atom. The lowest BCUT2D eigenvalue weighted by molar-refractivity contribution is 0.107.